The van der Waals surface area contributed by atoms with Crippen molar-refractivity contribution in [3.8, 4) is 16.2 Å². The number of ether oxygens (including phenoxy) is 1. The average molecular weight is 344 g/mol. The molecule has 1 heterocycles. The van der Waals surface area contributed by atoms with Crippen molar-refractivity contribution in [3.63, 3.8) is 0 Å². The molecule has 3 rings (SSSR count). The molecule has 2 nitrogen and oxygen atoms in total. The van der Waals surface area contributed by atoms with E-state index >= 15 is 0 Å². The van der Waals surface area contributed by atoms with Crippen molar-refractivity contribution in [3.05, 3.63) is 34.9 Å². The molecule has 1 aliphatic carbocycles. The molecule has 2 aromatic rings. The molecule has 0 unspecified atom stereocenters. The maximum Gasteiger partial charge on any atom is 0.248 e. The van der Waals surface area contributed by atoms with E-state index in [1.54, 1.807) is 17.8 Å². The van der Waals surface area contributed by atoms with Gasteiger partial charge in [-0.3, -0.25) is 4.98 Å². The van der Waals surface area contributed by atoms with Crippen LogP contribution in [0.4, 0.5) is 8.78 Å². The summed E-state index contributed by atoms with van der Waals surface area (Å²) in [5, 5.41) is 0.594. The summed E-state index contributed by atoms with van der Waals surface area (Å²) in [5.74, 6) is -1.63. The Morgan fingerprint density at radius 2 is 2.05 bits per heavy atom. The fraction of sp³-hybridized carbons (Fsp3) is 0.438. The molecule has 0 atom stereocenters. The van der Waals surface area contributed by atoms with Crippen LogP contribution >= 0.6 is 22.9 Å². The molecule has 0 bridgehead atoms. The number of alkyl halides is 2. The van der Waals surface area contributed by atoms with E-state index < -0.39 is 5.92 Å². The number of thiazole rings is 1. The van der Waals surface area contributed by atoms with Crippen LogP contribution in [0.1, 0.15) is 25.7 Å². The molecule has 6 heteroatoms. The second kappa shape index (κ2) is 6.50. The van der Waals surface area contributed by atoms with Gasteiger partial charge in [-0.1, -0.05) is 11.6 Å². The van der Waals surface area contributed by atoms with Gasteiger partial charge in [0, 0.05) is 24.1 Å². The predicted octanol–water partition coefficient (Wildman–Crippen LogP) is 5.67. The Morgan fingerprint density at radius 3 is 2.73 bits per heavy atom. The number of hydrogen-bond donors (Lipinski definition) is 0. The minimum atomic E-state index is -2.49. The first-order chi connectivity index (χ1) is 10.5. The van der Waals surface area contributed by atoms with Crippen molar-refractivity contribution in [2.24, 2.45) is 5.92 Å². The van der Waals surface area contributed by atoms with Crippen LogP contribution in [0, 0.1) is 5.92 Å². The highest BCUT2D eigenvalue weighted by Gasteiger charge is 2.35. The fourth-order valence-electron chi connectivity index (χ4n) is 2.63. The normalized spacial score (nSPS) is 18.3. The number of rotatable bonds is 4. The van der Waals surface area contributed by atoms with Crippen LogP contribution in [0.3, 0.4) is 0 Å². The van der Waals surface area contributed by atoms with Crippen molar-refractivity contribution in [1.29, 1.82) is 0 Å². The summed E-state index contributed by atoms with van der Waals surface area (Å²) >= 11 is 7.66. The van der Waals surface area contributed by atoms with E-state index in [-0.39, 0.29) is 18.8 Å². The third-order valence-corrected chi connectivity index (χ3v) is 4.95. The Morgan fingerprint density at radius 1 is 1.27 bits per heavy atom. The summed E-state index contributed by atoms with van der Waals surface area (Å²) in [6.07, 6.45) is 2.72. The average Bonchev–Trinajstić information content (AvgIpc) is 3.00. The first kappa shape index (κ1) is 15.7. The highest BCUT2D eigenvalue weighted by Crippen LogP contribution is 2.37. The fourth-order valence-corrected chi connectivity index (χ4v) is 3.46. The molecule has 0 aliphatic heterocycles. The third-order valence-electron chi connectivity index (χ3n) is 3.91. The lowest BCUT2D eigenvalue weighted by Crippen LogP contribution is -2.27. The zero-order valence-corrected chi connectivity index (χ0v) is 13.5. The second-order valence-corrected chi connectivity index (χ2v) is 6.97. The Bertz CT molecular complexity index is 623. The van der Waals surface area contributed by atoms with Gasteiger partial charge in [-0.15, -0.1) is 11.3 Å². The van der Waals surface area contributed by atoms with Crippen molar-refractivity contribution in [2.45, 2.75) is 31.6 Å². The number of benzene rings is 1. The number of halogens is 3. The van der Waals surface area contributed by atoms with E-state index in [4.69, 9.17) is 16.3 Å². The molecule has 1 aromatic carbocycles. The molecule has 118 valence electrons. The van der Waals surface area contributed by atoms with Crippen LogP contribution in [-0.4, -0.2) is 17.5 Å². The Hall–Kier alpha value is -1.20. The van der Waals surface area contributed by atoms with Gasteiger partial charge in [0.2, 0.25) is 5.92 Å². The molecule has 0 saturated heterocycles. The van der Waals surface area contributed by atoms with Gasteiger partial charge in [-0.05, 0) is 42.5 Å². The van der Waals surface area contributed by atoms with Gasteiger partial charge in [0.25, 0.3) is 0 Å². The van der Waals surface area contributed by atoms with Gasteiger partial charge in [-0.2, -0.15) is 0 Å². The van der Waals surface area contributed by atoms with Crippen LogP contribution in [0.15, 0.2) is 29.9 Å². The quantitative estimate of drug-likeness (QED) is 0.713. The number of aromatic nitrogens is 1. The van der Waals surface area contributed by atoms with E-state index in [0.29, 0.717) is 30.2 Å². The van der Waals surface area contributed by atoms with Gasteiger partial charge < -0.3 is 4.74 Å². The largest absolute Gasteiger partial charge is 0.493 e. The first-order valence-electron chi connectivity index (χ1n) is 7.22. The summed E-state index contributed by atoms with van der Waals surface area (Å²) in [7, 11) is 0. The molecule has 1 aromatic heterocycles. The van der Waals surface area contributed by atoms with Gasteiger partial charge >= 0.3 is 0 Å². The van der Waals surface area contributed by atoms with Gasteiger partial charge in [0.1, 0.15) is 5.75 Å². The topological polar surface area (TPSA) is 22.1 Å². The van der Waals surface area contributed by atoms with E-state index in [1.165, 1.54) is 11.3 Å². The molecule has 22 heavy (non-hydrogen) atoms. The zero-order chi connectivity index (χ0) is 15.6. The molecule has 1 fully saturated rings. The van der Waals surface area contributed by atoms with Crippen molar-refractivity contribution in [2.75, 3.05) is 6.61 Å². The molecule has 0 N–H and O–H groups in total. The lowest BCUT2D eigenvalue weighted by molar-refractivity contribution is -0.0498. The summed E-state index contributed by atoms with van der Waals surface area (Å²) < 4.78 is 32.1. The molecular weight excluding hydrogens is 328 g/mol. The van der Waals surface area contributed by atoms with Crippen LogP contribution in [-0.2, 0) is 0 Å². The third kappa shape index (κ3) is 3.96. The minimum Gasteiger partial charge on any atom is -0.493 e. The van der Waals surface area contributed by atoms with Gasteiger partial charge in [0.05, 0.1) is 17.0 Å². The van der Waals surface area contributed by atoms with Gasteiger partial charge in [0.15, 0.2) is 0 Å². The van der Waals surface area contributed by atoms with Crippen molar-refractivity contribution >= 4 is 22.9 Å². The molecular formula is C16H16ClF2NOS. The molecule has 1 saturated carbocycles. The van der Waals surface area contributed by atoms with E-state index in [0.717, 1.165) is 10.4 Å². The van der Waals surface area contributed by atoms with Crippen LogP contribution < -0.4 is 4.74 Å². The highest BCUT2D eigenvalue weighted by molar-refractivity contribution is 7.13. The Labute approximate surface area is 137 Å². The smallest absolute Gasteiger partial charge is 0.248 e. The van der Waals surface area contributed by atoms with E-state index in [1.807, 2.05) is 12.1 Å². The summed E-state index contributed by atoms with van der Waals surface area (Å²) in [6.45, 7) is 0.457. The second-order valence-electron chi connectivity index (χ2n) is 5.65. The monoisotopic (exact) mass is 343 g/mol. The maximum atomic E-state index is 13.1. The van der Waals surface area contributed by atoms with E-state index in [2.05, 4.69) is 4.98 Å². The molecule has 0 radical (unpaired) electrons. The zero-order valence-electron chi connectivity index (χ0n) is 11.9. The Kier molecular flexibility index (Phi) is 4.64. The van der Waals surface area contributed by atoms with Crippen LogP contribution in [0.2, 0.25) is 5.02 Å². The van der Waals surface area contributed by atoms with E-state index in [9.17, 15) is 8.78 Å². The first-order valence-corrected chi connectivity index (χ1v) is 8.48. The van der Waals surface area contributed by atoms with Crippen molar-refractivity contribution < 1.29 is 13.5 Å². The summed E-state index contributed by atoms with van der Waals surface area (Å²) in [5.41, 5.74) is 2.72. The lowest BCUT2D eigenvalue weighted by Gasteiger charge is -2.28. The molecule has 0 amide bonds. The Balaban J connectivity index is 1.63. The molecule has 1 aliphatic rings. The highest BCUT2D eigenvalue weighted by atomic mass is 35.5. The summed E-state index contributed by atoms with van der Waals surface area (Å²) in [4.78, 5) is 5.07. The minimum absolute atomic E-state index is 0.0390. The molecule has 0 spiro atoms. The SMILES string of the molecule is FC1(F)CCC(COc2cc(Cl)cc(-c3cncs3)c2)CC1. The maximum absolute atomic E-state index is 13.1. The number of hydrogen-bond acceptors (Lipinski definition) is 3. The van der Waals surface area contributed by atoms with Crippen molar-refractivity contribution in [1.82, 2.24) is 4.98 Å². The van der Waals surface area contributed by atoms with Gasteiger partial charge in [-0.25, -0.2) is 8.78 Å². The van der Waals surface area contributed by atoms with Crippen LogP contribution in [0.5, 0.6) is 5.75 Å². The number of nitrogens with zero attached hydrogens (tertiary/aromatic N) is 1. The predicted molar refractivity (Wildman–Crippen MR) is 85.0 cm³/mol. The lowest BCUT2D eigenvalue weighted by atomic mass is 9.87. The summed E-state index contributed by atoms with van der Waals surface area (Å²) in [6, 6.07) is 5.53. The standard InChI is InChI=1S/C16H16ClF2NOS/c17-13-5-12(15-8-20-10-22-15)6-14(7-13)21-9-11-1-3-16(18,19)4-2-11/h5-8,10-11H,1-4,9H2. The van der Waals surface area contributed by atoms with Crippen LogP contribution in [0.25, 0.3) is 10.4 Å².